The number of piperidine rings is 1. The summed E-state index contributed by atoms with van der Waals surface area (Å²) in [6.45, 7) is 1.12. The Balaban J connectivity index is 1.61. The molecule has 3 atom stereocenters. The number of likely N-dealkylation sites (N-methyl/N-ethyl adjacent to an activating group) is 1. The second-order valence-corrected chi connectivity index (χ2v) is 7.21. The van der Waals surface area contributed by atoms with Crippen molar-refractivity contribution in [1.82, 2.24) is 19.7 Å². The molecule has 1 aliphatic carbocycles. The predicted octanol–water partition coefficient (Wildman–Crippen LogP) is 3.03. The molecule has 1 saturated heterocycles. The number of aromatic nitrogens is 3. The summed E-state index contributed by atoms with van der Waals surface area (Å²) in [5.41, 5.74) is 5.68. The maximum Gasteiger partial charge on any atom is 0.0492 e. The largest absolute Gasteiger partial charge is 0.361 e. The molecule has 3 heterocycles. The summed E-state index contributed by atoms with van der Waals surface area (Å²) in [5.74, 6) is 1.17. The Morgan fingerprint density at radius 1 is 1.22 bits per heavy atom. The summed E-state index contributed by atoms with van der Waals surface area (Å²) in [6, 6.07) is 9.55. The zero-order valence-corrected chi connectivity index (χ0v) is 13.7. The molecule has 0 radical (unpaired) electrons. The van der Waals surface area contributed by atoms with Gasteiger partial charge in [0.05, 0.1) is 0 Å². The van der Waals surface area contributed by atoms with E-state index >= 15 is 0 Å². The molecule has 2 aromatic heterocycles. The van der Waals surface area contributed by atoms with Gasteiger partial charge in [0.15, 0.2) is 0 Å². The molecule has 0 spiro atoms. The number of nitrogens with one attached hydrogen (secondary N) is 1. The van der Waals surface area contributed by atoms with Gasteiger partial charge in [0.2, 0.25) is 0 Å². The van der Waals surface area contributed by atoms with Crippen LogP contribution in [0.4, 0.5) is 0 Å². The average Bonchev–Trinajstić information content (AvgIpc) is 3.16. The van der Waals surface area contributed by atoms with Gasteiger partial charge in [0.25, 0.3) is 0 Å². The maximum atomic E-state index is 4.38. The van der Waals surface area contributed by atoms with Crippen LogP contribution in [0.15, 0.2) is 36.7 Å². The number of benzene rings is 1. The first-order valence-electron chi connectivity index (χ1n) is 8.49. The minimum absolute atomic E-state index is 0.560. The van der Waals surface area contributed by atoms with Crippen LogP contribution in [0.25, 0.3) is 10.9 Å². The SMILES string of the molecule is CN1C[C@H](c2ccnn2C)C[C@@H]2c3cccc4[nH]cc(c34)C[C@H]21. The molecule has 1 N–H and O–H groups in total. The lowest BCUT2D eigenvalue weighted by Gasteiger charge is -2.45. The molecule has 4 nitrogen and oxygen atoms in total. The maximum absolute atomic E-state index is 4.38. The lowest BCUT2D eigenvalue weighted by Crippen LogP contribution is -2.47. The van der Waals surface area contributed by atoms with Gasteiger partial charge in [-0.2, -0.15) is 5.10 Å². The standard InChI is InChI=1S/C19H22N4/c1-22-11-13(17-6-7-21-23(17)2)8-15-14-4-3-5-16-19(14)12(10-20-16)9-18(15)22/h3-7,10,13,15,18,20H,8-9,11H2,1-2H3/t13-,15-,18-/m1/s1. The van der Waals surface area contributed by atoms with Crippen molar-refractivity contribution in [2.75, 3.05) is 13.6 Å². The molecule has 1 fully saturated rings. The Morgan fingerprint density at radius 3 is 2.96 bits per heavy atom. The molecule has 1 aromatic carbocycles. The average molecular weight is 306 g/mol. The zero-order valence-electron chi connectivity index (χ0n) is 13.7. The second kappa shape index (κ2) is 4.71. The molecular weight excluding hydrogens is 284 g/mol. The predicted molar refractivity (Wildman–Crippen MR) is 91.7 cm³/mol. The van der Waals surface area contributed by atoms with Crippen LogP contribution >= 0.6 is 0 Å². The van der Waals surface area contributed by atoms with Crippen molar-refractivity contribution >= 4 is 10.9 Å². The first kappa shape index (κ1) is 13.4. The van der Waals surface area contributed by atoms with E-state index < -0.39 is 0 Å². The van der Waals surface area contributed by atoms with Crippen molar-refractivity contribution in [3.05, 3.63) is 53.5 Å². The Kier molecular flexibility index (Phi) is 2.74. The van der Waals surface area contributed by atoms with Crippen LogP contribution in [0.1, 0.15) is 35.1 Å². The highest BCUT2D eigenvalue weighted by Crippen LogP contribution is 2.46. The number of hydrogen-bond acceptors (Lipinski definition) is 2. The van der Waals surface area contributed by atoms with Crippen LogP contribution in [0.5, 0.6) is 0 Å². The van der Waals surface area contributed by atoms with E-state index in [0.29, 0.717) is 17.9 Å². The molecule has 3 aromatic rings. The summed E-state index contributed by atoms with van der Waals surface area (Å²) >= 11 is 0. The molecule has 2 aliphatic rings. The number of aryl methyl sites for hydroxylation is 1. The molecular formula is C19H22N4. The summed E-state index contributed by atoms with van der Waals surface area (Å²) in [7, 11) is 4.35. The summed E-state index contributed by atoms with van der Waals surface area (Å²) in [5, 5.41) is 5.86. The van der Waals surface area contributed by atoms with E-state index in [1.807, 2.05) is 10.9 Å². The third kappa shape index (κ3) is 1.84. The number of hydrogen-bond donors (Lipinski definition) is 1. The number of nitrogens with zero attached hydrogens (tertiary/aromatic N) is 3. The first-order valence-corrected chi connectivity index (χ1v) is 8.49. The van der Waals surface area contributed by atoms with Crippen molar-refractivity contribution in [3.8, 4) is 0 Å². The van der Waals surface area contributed by atoms with Crippen LogP contribution in [-0.2, 0) is 13.5 Å². The number of rotatable bonds is 1. The van der Waals surface area contributed by atoms with Gasteiger partial charge in [-0.05, 0) is 43.1 Å². The molecule has 23 heavy (non-hydrogen) atoms. The van der Waals surface area contributed by atoms with Crippen molar-refractivity contribution < 1.29 is 0 Å². The van der Waals surface area contributed by atoms with Gasteiger partial charge in [-0.3, -0.25) is 4.68 Å². The van der Waals surface area contributed by atoms with Crippen molar-refractivity contribution in [2.24, 2.45) is 7.05 Å². The smallest absolute Gasteiger partial charge is 0.0492 e. The highest BCUT2D eigenvalue weighted by Gasteiger charge is 2.40. The Labute approximate surface area is 136 Å². The van der Waals surface area contributed by atoms with E-state index in [4.69, 9.17) is 0 Å². The zero-order chi connectivity index (χ0) is 15.6. The summed E-state index contributed by atoms with van der Waals surface area (Å²) < 4.78 is 2.05. The normalized spacial score (nSPS) is 27.3. The van der Waals surface area contributed by atoms with Gasteiger partial charge in [-0.1, -0.05) is 12.1 Å². The summed E-state index contributed by atoms with van der Waals surface area (Å²) in [6.07, 6.45) is 6.52. The molecule has 118 valence electrons. The molecule has 4 heteroatoms. The quantitative estimate of drug-likeness (QED) is 0.750. The number of H-pyrrole nitrogens is 1. The molecule has 0 amide bonds. The van der Waals surface area contributed by atoms with Crippen molar-refractivity contribution in [2.45, 2.75) is 30.7 Å². The minimum Gasteiger partial charge on any atom is -0.361 e. The van der Waals surface area contributed by atoms with Crippen LogP contribution in [-0.4, -0.2) is 39.3 Å². The molecule has 0 bridgehead atoms. The Bertz CT molecular complexity index is 875. The van der Waals surface area contributed by atoms with E-state index in [0.717, 1.165) is 13.0 Å². The highest BCUT2D eigenvalue weighted by molar-refractivity contribution is 5.88. The topological polar surface area (TPSA) is 36.9 Å². The lowest BCUT2D eigenvalue weighted by molar-refractivity contribution is 0.137. The minimum atomic E-state index is 0.560. The first-order chi connectivity index (χ1) is 11.2. The fraction of sp³-hybridized carbons (Fsp3) is 0.421. The highest BCUT2D eigenvalue weighted by atomic mass is 15.3. The van der Waals surface area contributed by atoms with Crippen molar-refractivity contribution in [3.63, 3.8) is 0 Å². The van der Waals surface area contributed by atoms with E-state index in [9.17, 15) is 0 Å². The van der Waals surface area contributed by atoms with Gasteiger partial charge >= 0.3 is 0 Å². The van der Waals surface area contributed by atoms with Crippen LogP contribution in [0.2, 0.25) is 0 Å². The fourth-order valence-electron chi connectivity index (χ4n) is 4.94. The number of fused-ring (bicyclic) bond motifs is 2. The van der Waals surface area contributed by atoms with E-state index in [1.165, 1.54) is 34.1 Å². The van der Waals surface area contributed by atoms with Gasteiger partial charge in [0.1, 0.15) is 0 Å². The number of likely N-dealkylation sites (tertiary alicyclic amines) is 1. The van der Waals surface area contributed by atoms with Crippen LogP contribution in [0.3, 0.4) is 0 Å². The van der Waals surface area contributed by atoms with E-state index in [2.05, 4.69) is 59.5 Å². The molecule has 1 aliphatic heterocycles. The van der Waals surface area contributed by atoms with Crippen LogP contribution < -0.4 is 0 Å². The van der Waals surface area contributed by atoms with Crippen molar-refractivity contribution in [1.29, 1.82) is 0 Å². The Morgan fingerprint density at radius 2 is 2.13 bits per heavy atom. The molecule has 0 unspecified atom stereocenters. The van der Waals surface area contributed by atoms with E-state index in [-0.39, 0.29) is 0 Å². The van der Waals surface area contributed by atoms with Gasteiger partial charge in [0, 0.05) is 60.5 Å². The van der Waals surface area contributed by atoms with Gasteiger partial charge in [-0.25, -0.2) is 0 Å². The fourth-order valence-corrected chi connectivity index (χ4v) is 4.94. The monoisotopic (exact) mass is 306 g/mol. The van der Waals surface area contributed by atoms with E-state index in [1.54, 1.807) is 0 Å². The van der Waals surface area contributed by atoms with Crippen LogP contribution in [0, 0.1) is 0 Å². The van der Waals surface area contributed by atoms with Gasteiger partial charge < -0.3 is 9.88 Å². The lowest BCUT2D eigenvalue weighted by atomic mass is 9.72. The van der Waals surface area contributed by atoms with Gasteiger partial charge in [-0.15, -0.1) is 0 Å². The number of aromatic amines is 1. The Hall–Kier alpha value is -2.07. The second-order valence-electron chi connectivity index (χ2n) is 7.21. The third-order valence-electron chi connectivity index (χ3n) is 6.00. The third-order valence-corrected chi connectivity index (χ3v) is 6.00. The summed E-state index contributed by atoms with van der Waals surface area (Å²) in [4.78, 5) is 6.03. The molecule has 5 rings (SSSR count). The molecule has 0 saturated carbocycles.